The Morgan fingerprint density at radius 3 is 2.89 bits per heavy atom. The molecular weight excluding hydrogens is 226 g/mol. The van der Waals surface area contributed by atoms with Gasteiger partial charge in [0.15, 0.2) is 0 Å². The Kier molecular flexibility index (Phi) is 4.07. The van der Waals surface area contributed by atoms with E-state index >= 15 is 0 Å². The molecule has 1 aromatic heterocycles. The van der Waals surface area contributed by atoms with Crippen molar-refractivity contribution >= 4 is 0 Å². The molecule has 3 unspecified atom stereocenters. The Balaban J connectivity index is 1.80. The van der Waals surface area contributed by atoms with Crippen LogP contribution in [0.1, 0.15) is 34.1 Å². The second kappa shape index (κ2) is 5.41. The van der Waals surface area contributed by atoms with Crippen molar-refractivity contribution < 1.29 is 4.74 Å². The average molecular weight is 251 g/mol. The number of nitrogens with one attached hydrogen (secondary N) is 1. The third kappa shape index (κ3) is 2.75. The summed E-state index contributed by atoms with van der Waals surface area (Å²) in [5, 5.41) is 3.70. The minimum Gasteiger partial charge on any atom is -0.378 e. The summed E-state index contributed by atoms with van der Waals surface area (Å²) in [5.41, 5.74) is 0.235. The number of nitrogens with zero attached hydrogens (tertiary/aromatic N) is 2. The van der Waals surface area contributed by atoms with Gasteiger partial charge in [-0.2, -0.15) is 0 Å². The van der Waals surface area contributed by atoms with Crippen molar-refractivity contribution in [1.82, 2.24) is 14.9 Å². The largest absolute Gasteiger partial charge is 0.378 e. The highest BCUT2D eigenvalue weighted by atomic mass is 16.5. The van der Waals surface area contributed by atoms with Crippen molar-refractivity contribution in [1.29, 1.82) is 0 Å². The summed E-state index contributed by atoms with van der Waals surface area (Å²) in [6.45, 7) is 10.6. The maximum atomic E-state index is 5.76. The Hall–Kier alpha value is -0.870. The zero-order chi connectivity index (χ0) is 13.2. The molecule has 0 bridgehead atoms. The predicted octanol–water partition coefficient (Wildman–Crippen LogP) is 2.06. The second-order valence-electron chi connectivity index (χ2n) is 5.88. The van der Waals surface area contributed by atoms with Gasteiger partial charge in [-0.3, -0.25) is 0 Å². The minimum absolute atomic E-state index is 0.235. The normalized spacial score (nSPS) is 27.8. The van der Waals surface area contributed by atoms with E-state index in [1.165, 1.54) is 0 Å². The first kappa shape index (κ1) is 13.6. The Bertz CT molecular complexity index is 361. The highest BCUT2D eigenvalue weighted by Crippen LogP contribution is 2.42. The fourth-order valence-corrected chi connectivity index (χ4v) is 2.76. The molecule has 1 aliphatic carbocycles. The third-order valence-corrected chi connectivity index (χ3v) is 4.08. The first-order valence-corrected chi connectivity index (χ1v) is 6.87. The monoisotopic (exact) mass is 251 g/mol. The van der Waals surface area contributed by atoms with E-state index in [4.69, 9.17) is 4.74 Å². The number of hydrogen-bond acceptors (Lipinski definition) is 3. The van der Waals surface area contributed by atoms with Crippen molar-refractivity contribution in [3.05, 3.63) is 18.7 Å². The van der Waals surface area contributed by atoms with Crippen LogP contribution in [0.2, 0.25) is 0 Å². The molecule has 0 radical (unpaired) electrons. The molecular formula is C14H25N3O. The van der Waals surface area contributed by atoms with Crippen molar-refractivity contribution in [2.24, 2.45) is 5.41 Å². The van der Waals surface area contributed by atoms with Gasteiger partial charge in [0.25, 0.3) is 0 Å². The van der Waals surface area contributed by atoms with Gasteiger partial charge in [0.1, 0.15) is 0 Å². The zero-order valence-corrected chi connectivity index (χ0v) is 11.9. The maximum absolute atomic E-state index is 5.76. The fraction of sp³-hybridized carbons (Fsp3) is 0.786. The highest BCUT2D eigenvalue weighted by molar-refractivity contribution is 5.03. The molecule has 0 spiro atoms. The van der Waals surface area contributed by atoms with E-state index in [-0.39, 0.29) is 5.41 Å². The van der Waals surface area contributed by atoms with E-state index in [0.29, 0.717) is 18.2 Å². The summed E-state index contributed by atoms with van der Waals surface area (Å²) in [6.07, 6.45) is 7.22. The molecule has 2 rings (SSSR count). The molecule has 102 valence electrons. The van der Waals surface area contributed by atoms with Crippen LogP contribution in [0.4, 0.5) is 0 Å². The first-order chi connectivity index (χ1) is 8.54. The van der Waals surface area contributed by atoms with E-state index in [1.54, 1.807) is 0 Å². The van der Waals surface area contributed by atoms with Gasteiger partial charge < -0.3 is 14.6 Å². The van der Waals surface area contributed by atoms with Gasteiger partial charge in [0, 0.05) is 43.0 Å². The summed E-state index contributed by atoms with van der Waals surface area (Å²) in [6, 6.07) is 0.999. The first-order valence-electron chi connectivity index (χ1n) is 6.87. The summed E-state index contributed by atoms with van der Waals surface area (Å²) < 4.78 is 7.87. The van der Waals surface area contributed by atoms with Gasteiger partial charge in [-0.1, -0.05) is 13.8 Å². The van der Waals surface area contributed by atoms with Gasteiger partial charge in [0.2, 0.25) is 0 Å². The lowest BCUT2D eigenvalue weighted by molar-refractivity contribution is -0.116. The topological polar surface area (TPSA) is 39.1 Å². The van der Waals surface area contributed by atoms with E-state index in [2.05, 4.69) is 42.6 Å². The minimum atomic E-state index is 0.235. The summed E-state index contributed by atoms with van der Waals surface area (Å²) in [4.78, 5) is 4.07. The number of ether oxygens (including phenoxy) is 1. The van der Waals surface area contributed by atoms with Crippen LogP contribution in [-0.4, -0.2) is 34.3 Å². The van der Waals surface area contributed by atoms with Crippen molar-refractivity contribution in [3.8, 4) is 0 Å². The Labute approximate surface area is 110 Å². The standard InChI is InChI=1S/C14H25N3O/c1-5-18-13-8-12(14(13,3)4)16-11(2)9-17-7-6-15-10-17/h6-7,10-13,16H,5,8-9H2,1-4H3. The lowest BCUT2D eigenvalue weighted by atomic mass is 9.64. The Morgan fingerprint density at radius 1 is 1.56 bits per heavy atom. The van der Waals surface area contributed by atoms with Gasteiger partial charge in [-0.05, 0) is 20.3 Å². The molecule has 0 saturated heterocycles. The molecule has 1 aromatic rings. The maximum Gasteiger partial charge on any atom is 0.0946 e. The molecule has 0 aromatic carbocycles. The van der Waals surface area contributed by atoms with Crippen molar-refractivity contribution in [3.63, 3.8) is 0 Å². The van der Waals surface area contributed by atoms with Crippen LogP contribution in [0, 0.1) is 5.41 Å². The van der Waals surface area contributed by atoms with Crippen LogP contribution >= 0.6 is 0 Å². The van der Waals surface area contributed by atoms with Crippen LogP contribution in [0.3, 0.4) is 0 Å². The van der Waals surface area contributed by atoms with Crippen LogP contribution in [0.5, 0.6) is 0 Å². The highest BCUT2D eigenvalue weighted by Gasteiger charge is 2.48. The molecule has 4 nitrogen and oxygen atoms in total. The lowest BCUT2D eigenvalue weighted by Crippen LogP contribution is -2.62. The van der Waals surface area contributed by atoms with Crippen LogP contribution < -0.4 is 5.32 Å². The Morgan fingerprint density at radius 2 is 2.33 bits per heavy atom. The van der Waals surface area contributed by atoms with E-state index in [9.17, 15) is 0 Å². The molecule has 18 heavy (non-hydrogen) atoms. The SMILES string of the molecule is CCOC1CC(NC(C)Cn2ccnc2)C1(C)C. The van der Waals surface area contributed by atoms with Gasteiger partial charge in [-0.15, -0.1) is 0 Å². The molecule has 3 atom stereocenters. The second-order valence-corrected chi connectivity index (χ2v) is 5.88. The van der Waals surface area contributed by atoms with Crippen LogP contribution in [0.15, 0.2) is 18.7 Å². The van der Waals surface area contributed by atoms with E-state index < -0.39 is 0 Å². The summed E-state index contributed by atoms with van der Waals surface area (Å²) >= 11 is 0. The number of hydrogen-bond donors (Lipinski definition) is 1. The smallest absolute Gasteiger partial charge is 0.0946 e. The van der Waals surface area contributed by atoms with Gasteiger partial charge >= 0.3 is 0 Å². The van der Waals surface area contributed by atoms with Gasteiger partial charge in [-0.25, -0.2) is 4.98 Å². The van der Waals surface area contributed by atoms with Gasteiger partial charge in [0.05, 0.1) is 12.4 Å². The molecule has 0 aliphatic heterocycles. The summed E-state index contributed by atoms with van der Waals surface area (Å²) in [7, 11) is 0. The number of rotatable bonds is 6. The van der Waals surface area contributed by atoms with E-state index in [1.807, 2.05) is 18.7 Å². The molecule has 4 heteroatoms. The number of imidazole rings is 1. The van der Waals surface area contributed by atoms with Crippen molar-refractivity contribution in [2.45, 2.75) is 58.8 Å². The van der Waals surface area contributed by atoms with Crippen molar-refractivity contribution in [2.75, 3.05) is 6.61 Å². The number of aromatic nitrogens is 2. The molecule has 0 amide bonds. The molecule has 1 heterocycles. The predicted molar refractivity (Wildman–Crippen MR) is 72.4 cm³/mol. The van der Waals surface area contributed by atoms with Crippen LogP contribution in [-0.2, 0) is 11.3 Å². The fourth-order valence-electron chi connectivity index (χ4n) is 2.76. The molecule has 1 aliphatic rings. The molecule has 1 fully saturated rings. The van der Waals surface area contributed by atoms with E-state index in [0.717, 1.165) is 19.6 Å². The molecule has 1 N–H and O–H groups in total. The zero-order valence-electron chi connectivity index (χ0n) is 11.9. The average Bonchev–Trinajstić information content (AvgIpc) is 2.80. The summed E-state index contributed by atoms with van der Waals surface area (Å²) in [5.74, 6) is 0. The molecule has 1 saturated carbocycles. The lowest BCUT2D eigenvalue weighted by Gasteiger charge is -2.52. The quantitative estimate of drug-likeness (QED) is 0.841. The third-order valence-electron chi connectivity index (χ3n) is 4.08. The van der Waals surface area contributed by atoms with Crippen LogP contribution in [0.25, 0.3) is 0 Å².